The number of hydrogen-bond acceptors (Lipinski definition) is 7. The summed E-state index contributed by atoms with van der Waals surface area (Å²) in [5, 5.41) is 34.2. The highest BCUT2D eigenvalue weighted by atomic mass is 16.4. The molecule has 6 unspecified atom stereocenters. The second-order valence-corrected chi connectivity index (χ2v) is 7.86. The molecule has 3 amide bonds. The minimum Gasteiger partial charge on any atom is -0.481 e. The van der Waals surface area contributed by atoms with Gasteiger partial charge in [-0.1, -0.05) is 40.5 Å². The molecule has 0 aliphatic rings. The van der Waals surface area contributed by atoms with Crippen LogP contribution in [0, 0.1) is 11.8 Å². The Hall–Kier alpha value is -2.73. The number of carbonyl (C=O) groups excluding carboxylic acids is 3. The van der Waals surface area contributed by atoms with Gasteiger partial charge in [-0.15, -0.1) is 0 Å². The zero-order valence-corrected chi connectivity index (χ0v) is 19.0. The lowest BCUT2D eigenvalue weighted by Gasteiger charge is -2.29. The molecule has 32 heavy (non-hydrogen) atoms. The van der Waals surface area contributed by atoms with Crippen molar-refractivity contribution in [1.29, 1.82) is 0 Å². The maximum atomic E-state index is 13.0. The van der Waals surface area contributed by atoms with Crippen LogP contribution in [0.4, 0.5) is 0 Å². The number of rotatable bonds is 15. The van der Waals surface area contributed by atoms with Crippen LogP contribution in [0.25, 0.3) is 0 Å². The molecule has 184 valence electrons. The molecule has 0 radical (unpaired) electrons. The molecule has 0 fully saturated rings. The molecule has 0 rings (SSSR count). The van der Waals surface area contributed by atoms with Crippen LogP contribution in [0.15, 0.2) is 0 Å². The van der Waals surface area contributed by atoms with E-state index in [9.17, 15) is 24.0 Å². The minimum atomic E-state index is -1.52. The molecule has 0 aliphatic heterocycles. The van der Waals surface area contributed by atoms with Gasteiger partial charge in [-0.05, 0) is 18.3 Å². The van der Waals surface area contributed by atoms with Crippen molar-refractivity contribution in [1.82, 2.24) is 16.0 Å². The van der Waals surface area contributed by atoms with E-state index < -0.39 is 60.4 Å². The number of carboxylic acids is 2. The van der Waals surface area contributed by atoms with Gasteiger partial charge in [0, 0.05) is 6.42 Å². The number of nitrogens with one attached hydrogen (secondary N) is 3. The van der Waals surface area contributed by atoms with Crippen molar-refractivity contribution in [2.24, 2.45) is 17.6 Å². The van der Waals surface area contributed by atoms with E-state index in [1.807, 2.05) is 0 Å². The van der Waals surface area contributed by atoms with Crippen molar-refractivity contribution < 1.29 is 39.3 Å². The molecule has 0 saturated heterocycles. The van der Waals surface area contributed by atoms with E-state index in [4.69, 9.17) is 21.1 Å². The number of hydrogen-bond donors (Lipinski definition) is 7. The molecular weight excluding hydrogens is 424 g/mol. The second-order valence-electron chi connectivity index (χ2n) is 7.86. The van der Waals surface area contributed by atoms with Gasteiger partial charge in [0.15, 0.2) is 0 Å². The molecule has 0 spiro atoms. The standard InChI is InChI=1S/C20H36N4O8/c1-5-10(3)15(18(29)22-13(9-25)20(31)32)24-19(30)16(11(4)6-2)23-17(28)12(21)7-8-14(26)27/h10-13,15-16,25H,5-9,21H2,1-4H3,(H,22,29)(H,23,28)(H,24,30)(H,26,27)(H,31,32). The first-order valence-electron chi connectivity index (χ1n) is 10.6. The third-order valence-electron chi connectivity index (χ3n) is 5.39. The summed E-state index contributed by atoms with van der Waals surface area (Å²) in [5.74, 6) is -5.36. The maximum absolute atomic E-state index is 13.0. The van der Waals surface area contributed by atoms with E-state index in [0.29, 0.717) is 12.8 Å². The Balaban J connectivity index is 5.49. The highest BCUT2D eigenvalue weighted by Gasteiger charge is 2.34. The summed E-state index contributed by atoms with van der Waals surface area (Å²) in [7, 11) is 0. The molecule has 8 N–H and O–H groups in total. The molecule has 12 heteroatoms. The van der Waals surface area contributed by atoms with E-state index in [1.165, 1.54) is 0 Å². The Morgan fingerprint density at radius 3 is 1.62 bits per heavy atom. The average molecular weight is 461 g/mol. The topological polar surface area (TPSA) is 208 Å². The highest BCUT2D eigenvalue weighted by molar-refractivity contribution is 5.94. The highest BCUT2D eigenvalue weighted by Crippen LogP contribution is 2.13. The van der Waals surface area contributed by atoms with E-state index in [2.05, 4.69) is 16.0 Å². The van der Waals surface area contributed by atoms with Crippen LogP contribution in [0.2, 0.25) is 0 Å². The molecule has 12 nitrogen and oxygen atoms in total. The fourth-order valence-corrected chi connectivity index (χ4v) is 2.76. The summed E-state index contributed by atoms with van der Waals surface area (Å²) in [6.07, 6.45) is 0.580. The molecule has 0 aromatic rings. The number of aliphatic hydroxyl groups is 1. The van der Waals surface area contributed by atoms with Crippen molar-refractivity contribution in [2.45, 2.75) is 77.5 Å². The maximum Gasteiger partial charge on any atom is 0.328 e. The first-order valence-corrected chi connectivity index (χ1v) is 10.6. The Morgan fingerprint density at radius 2 is 1.25 bits per heavy atom. The number of aliphatic hydroxyl groups excluding tert-OH is 1. The zero-order chi connectivity index (χ0) is 25.0. The molecular formula is C20H36N4O8. The van der Waals surface area contributed by atoms with Crippen LogP contribution in [0.5, 0.6) is 0 Å². The van der Waals surface area contributed by atoms with Crippen LogP contribution >= 0.6 is 0 Å². The number of nitrogens with two attached hydrogens (primary N) is 1. The average Bonchev–Trinajstić information content (AvgIpc) is 2.75. The van der Waals surface area contributed by atoms with Crippen LogP contribution in [-0.2, 0) is 24.0 Å². The number of aliphatic carboxylic acids is 2. The minimum absolute atomic E-state index is 0.106. The zero-order valence-electron chi connectivity index (χ0n) is 19.0. The largest absolute Gasteiger partial charge is 0.481 e. The van der Waals surface area contributed by atoms with Crippen LogP contribution in [0.3, 0.4) is 0 Å². The van der Waals surface area contributed by atoms with E-state index >= 15 is 0 Å². The molecule has 0 aromatic carbocycles. The monoisotopic (exact) mass is 460 g/mol. The SMILES string of the molecule is CCC(C)C(NC(=O)C(N)CCC(=O)O)C(=O)NC(C(=O)NC(CO)C(=O)O)C(C)CC. The van der Waals surface area contributed by atoms with Crippen molar-refractivity contribution >= 4 is 29.7 Å². The quantitative estimate of drug-likeness (QED) is 0.156. The normalized spacial score (nSPS) is 16.6. The lowest BCUT2D eigenvalue weighted by Crippen LogP contribution is -2.60. The summed E-state index contributed by atoms with van der Waals surface area (Å²) < 4.78 is 0. The first kappa shape index (κ1) is 29.3. The summed E-state index contributed by atoms with van der Waals surface area (Å²) in [4.78, 5) is 59.8. The van der Waals surface area contributed by atoms with Gasteiger partial charge in [-0.3, -0.25) is 19.2 Å². The predicted molar refractivity (Wildman–Crippen MR) is 114 cm³/mol. The van der Waals surface area contributed by atoms with Crippen molar-refractivity contribution in [3.63, 3.8) is 0 Å². The third-order valence-corrected chi connectivity index (χ3v) is 5.39. The van der Waals surface area contributed by atoms with Gasteiger partial charge in [0.25, 0.3) is 0 Å². The first-order chi connectivity index (χ1) is 14.9. The summed E-state index contributed by atoms with van der Waals surface area (Å²) in [6.45, 7) is 6.18. The van der Waals surface area contributed by atoms with E-state index in [1.54, 1.807) is 27.7 Å². The Bertz CT molecular complexity index is 672. The molecule has 0 bridgehead atoms. The van der Waals surface area contributed by atoms with E-state index in [-0.39, 0.29) is 24.7 Å². The lowest BCUT2D eigenvalue weighted by molar-refractivity contribution is -0.144. The molecule has 0 saturated carbocycles. The lowest BCUT2D eigenvalue weighted by atomic mass is 9.94. The van der Waals surface area contributed by atoms with E-state index in [0.717, 1.165) is 0 Å². The van der Waals surface area contributed by atoms with Crippen LogP contribution < -0.4 is 21.7 Å². The number of amides is 3. The molecule has 6 atom stereocenters. The summed E-state index contributed by atoms with van der Waals surface area (Å²) in [5.41, 5.74) is 5.72. The van der Waals surface area contributed by atoms with Crippen molar-refractivity contribution in [3.05, 3.63) is 0 Å². The van der Waals surface area contributed by atoms with Crippen molar-refractivity contribution in [2.75, 3.05) is 6.61 Å². The van der Waals surface area contributed by atoms with Gasteiger partial charge in [0.1, 0.15) is 18.1 Å². The summed E-state index contributed by atoms with van der Waals surface area (Å²) >= 11 is 0. The van der Waals surface area contributed by atoms with Gasteiger partial charge in [0.2, 0.25) is 17.7 Å². The van der Waals surface area contributed by atoms with Gasteiger partial charge >= 0.3 is 11.9 Å². The fourth-order valence-electron chi connectivity index (χ4n) is 2.76. The van der Waals surface area contributed by atoms with Gasteiger partial charge in [-0.25, -0.2) is 4.79 Å². The van der Waals surface area contributed by atoms with Gasteiger partial charge < -0.3 is 37.0 Å². The van der Waals surface area contributed by atoms with Crippen molar-refractivity contribution in [3.8, 4) is 0 Å². The number of carboxylic acid groups (broad SMARTS) is 2. The molecule has 0 aliphatic carbocycles. The predicted octanol–water partition coefficient (Wildman–Crippen LogP) is -1.20. The Labute approximate surface area is 187 Å². The fraction of sp³-hybridized carbons (Fsp3) is 0.750. The second kappa shape index (κ2) is 14.4. The van der Waals surface area contributed by atoms with Crippen LogP contribution in [-0.4, -0.2) is 75.8 Å². The van der Waals surface area contributed by atoms with Gasteiger partial charge in [0.05, 0.1) is 12.6 Å². The Morgan fingerprint density at radius 1 is 0.812 bits per heavy atom. The van der Waals surface area contributed by atoms with Gasteiger partial charge in [-0.2, -0.15) is 0 Å². The smallest absolute Gasteiger partial charge is 0.328 e. The molecule has 0 heterocycles. The summed E-state index contributed by atoms with van der Waals surface area (Å²) in [6, 6.07) is -4.80. The molecule has 0 aromatic heterocycles. The third kappa shape index (κ3) is 9.60. The van der Waals surface area contributed by atoms with Crippen LogP contribution in [0.1, 0.15) is 53.4 Å². The number of carbonyl (C=O) groups is 5. The Kier molecular flexibility index (Phi) is 13.1.